The van der Waals surface area contributed by atoms with Gasteiger partial charge in [0.1, 0.15) is 5.56 Å². The molecule has 1 N–H and O–H groups in total. The van der Waals surface area contributed by atoms with Crippen LogP contribution in [0.15, 0.2) is 35.3 Å². The van der Waals surface area contributed by atoms with E-state index in [1.807, 2.05) is 16.7 Å². The highest BCUT2D eigenvalue weighted by Crippen LogP contribution is 2.35. The molecule has 1 atom stereocenters. The number of benzene rings is 1. The summed E-state index contributed by atoms with van der Waals surface area (Å²) in [6, 6.07) is 9.00. The molecule has 1 aliphatic carbocycles. The number of hydrogen-bond donors (Lipinski definition) is 1. The standard InChI is InChI=1S/C17H14N2O3/c1-10-16(17(21)22)15(20)6-7-19(10)14-5-3-12-8-11(9-18)2-4-13(12)14/h2,4,6-8,14H,3,5H2,1H3,(H,21,22). The summed E-state index contributed by atoms with van der Waals surface area (Å²) in [5.74, 6) is -1.20. The van der Waals surface area contributed by atoms with Crippen molar-refractivity contribution >= 4 is 5.97 Å². The van der Waals surface area contributed by atoms with Crippen LogP contribution in [-0.4, -0.2) is 15.6 Å². The summed E-state index contributed by atoms with van der Waals surface area (Å²) in [6.07, 6.45) is 3.32. The van der Waals surface area contributed by atoms with Gasteiger partial charge in [-0.15, -0.1) is 0 Å². The number of nitrogens with zero attached hydrogens (tertiary/aromatic N) is 2. The van der Waals surface area contributed by atoms with E-state index in [2.05, 4.69) is 6.07 Å². The van der Waals surface area contributed by atoms with Gasteiger partial charge in [-0.25, -0.2) is 4.79 Å². The van der Waals surface area contributed by atoms with E-state index in [9.17, 15) is 14.7 Å². The third-order valence-corrected chi connectivity index (χ3v) is 4.25. The largest absolute Gasteiger partial charge is 0.477 e. The van der Waals surface area contributed by atoms with Crippen LogP contribution in [0.25, 0.3) is 0 Å². The van der Waals surface area contributed by atoms with Crippen LogP contribution in [0.2, 0.25) is 0 Å². The van der Waals surface area contributed by atoms with E-state index >= 15 is 0 Å². The lowest BCUT2D eigenvalue weighted by atomic mass is 10.0. The van der Waals surface area contributed by atoms with Gasteiger partial charge in [0, 0.05) is 18.0 Å². The summed E-state index contributed by atoms with van der Waals surface area (Å²) in [4.78, 5) is 23.0. The van der Waals surface area contributed by atoms with Crippen molar-refractivity contribution in [2.45, 2.75) is 25.8 Å². The Bertz CT molecular complexity index is 874. The molecule has 0 amide bonds. The minimum absolute atomic E-state index is 0.00134. The van der Waals surface area contributed by atoms with E-state index in [-0.39, 0.29) is 11.6 Å². The second-order valence-corrected chi connectivity index (χ2v) is 5.43. The van der Waals surface area contributed by atoms with E-state index in [1.54, 1.807) is 19.2 Å². The Morgan fingerprint density at radius 3 is 2.86 bits per heavy atom. The summed E-state index contributed by atoms with van der Waals surface area (Å²) in [5.41, 5.74) is 2.63. The van der Waals surface area contributed by atoms with Crippen molar-refractivity contribution in [2.24, 2.45) is 0 Å². The second kappa shape index (κ2) is 5.15. The average Bonchev–Trinajstić information content (AvgIpc) is 2.90. The van der Waals surface area contributed by atoms with E-state index in [1.165, 1.54) is 6.07 Å². The third kappa shape index (κ3) is 2.09. The molecular weight excluding hydrogens is 280 g/mol. The molecule has 3 rings (SSSR count). The molecule has 5 heteroatoms. The maximum absolute atomic E-state index is 11.7. The number of hydrogen-bond acceptors (Lipinski definition) is 3. The summed E-state index contributed by atoms with van der Waals surface area (Å²) >= 11 is 0. The Kier molecular flexibility index (Phi) is 3.30. The van der Waals surface area contributed by atoms with Gasteiger partial charge < -0.3 is 9.67 Å². The quantitative estimate of drug-likeness (QED) is 0.921. The molecule has 0 aliphatic heterocycles. The Morgan fingerprint density at radius 1 is 1.41 bits per heavy atom. The molecule has 0 bridgehead atoms. The van der Waals surface area contributed by atoms with Gasteiger partial charge in [0.25, 0.3) is 0 Å². The number of nitriles is 1. The number of fused-ring (bicyclic) bond motifs is 1. The molecule has 110 valence electrons. The van der Waals surface area contributed by atoms with Crippen molar-refractivity contribution in [1.82, 2.24) is 4.57 Å². The fourth-order valence-electron chi connectivity index (χ4n) is 3.20. The van der Waals surface area contributed by atoms with Crippen LogP contribution in [0.5, 0.6) is 0 Å². The molecule has 1 aromatic heterocycles. The Hall–Kier alpha value is -2.87. The molecule has 22 heavy (non-hydrogen) atoms. The first-order valence-electron chi connectivity index (χ1n) is 7.01. The monoisotopic (exact) mass is 294 g/mol. The van der Waals surface area contributed by atoms with Gasteiger partial charge in [-0.3, -0.25) is 4.79 Å². The van der Waals surface area contributed by atoms with Crippen molar-refractivity contribution < 1.29 is 9.90 Å². The van der Waals surface area contributed by atoms with Crippen molar-refractivity contribution in [2.75, 3.05) is 0 Å². The van der Waals surface area contributed by atoms with Crippen molar-refractivity contribution in [3.63, 3.8) is 0 Å². The van der Waals surface area contributed by atoms with Gasteiger partial charge in [-0.2, -0.15) is 5.26 Å². The fourth-order valence-corrected chi connectivity index (χ4v) is 3.20. The lowest BCUT2D eigenvalue weighted by molar-refractivity contribution is 0.0693. The van der Waals surface area contributed by atoms with Crippen LogP contribution in [0, 0.1) is 18.3 Å². The van der Waals surface area contributed by atoms with Gasteiger partial charge >= 0.3 is 5.97 Å². The van der Waals surface area contributed by atoms with Crippen LogP contribution in [0.3, 0.4) is 0 Å². The molecule has 2 aromatic rings. The zero-order valence-electron chi connectivity index (χ0n) is 12.0. The highest BCUT2D eigenvalue weighted by atomic mass is 16.4. The molecule has 0 saturated heterocycles. The van der Waals surface area contributed by atoms with Crippen molar-refractivity contribution in [3.8, 4) is 6.07 Å². The SMILES string of the molecule is Cc1c(C(=O)O)c(=O)ccn1C1CCc2cc(C#N)ccc21. The van der Waals surface area contributed by atoms with Gasteiger partial charge in [0.05, 0.1) is 17.7 Å². The molecule has 5 nitrogen and oxygen atoms in total. The molecule has 0 saturated carbocycles. The summed E-state index contributed by atoms with van der Waals surface area (Å²) < 4.78 is 1.85. The van der Waals surface area contributed by atoms with Crippen LogP contribution in [0.1, 0.15) is 45.2 Å². The summed E-state index contributed by atoms with van der Waals surface area (Å²) in [5, 5.41) is 18.2. The normalized spacial score (nSPS) is 16.1. The fraction of sp³-hybridized carbons (Fsp3) is 0.235. The number of aromatic carboxylic acids is 1. The third-order valence-electron chi connectivity index (χ3n) is 4.25. The lowest BCUT2D eigenvalue weighted by Gasteiger charge is -2.20. The predicted octanol–water partition coefficient (Wildman–Crippen LogP) is 2.26. The number of carboxylic acid groups (broad SMARTS) is 1. The first kappa shape index (κ1) is 14.1. The topological polar surface area (TPSA) is 83.1 Å². The molecule has 1 aromatic carbocycles. The van der Waals surface area contributed by atoms with Crippen molar-refractivity contribution in [3.05, 3.63) is 68.6 Å². The molecule has 1 heterocycles. The van der Waals surface area contributed by atoms with Crippen LogP contribution in [0.4, 0.5) is 0 Å². The van der Waals surface area contributed by atoms with Crippen LogP contribution < -0.4 is 5.43 Å². The zero-order valence-corrected chi connectivity index (χ0v) is 12.0. The average molecular weight is 294 g/mol. The summed E-state index contributed by atoms with van der Waals surface area (Å²) in [6.45, 7) is 1.66. The minimum atomic E-state index is -1.20. The first-order chi connectivity index (χ1) is 10.5. The van der Waals surface area contributed by atoms with E-state index in [4.69, 9.17) is 5.26 Å². The Morgan fingerprint density at radius 2 is 2.18 bits per heavy atom. The highest BCUT2D eigenvalue weighted by Gasteiger charge is 2.26. The van der Waals surface area contributed by atoms with E-state index in [0.29, 0.717) is 11.3 Å². The second-order valence-electron chi connectivity index (χ2n) is 5.43. The van der Waals surface area contributed by atoms with Gasteiger partial charge in [0.15, 0.2) is 5.43 Å². The Labute approximate surface area is 127 Å². The number of rotatable bonds is 2. The predicted molar refractivity (Wildman–Crippen MR) is 80.0 cm³/mol. The molecule has 0 radical (unpaired) electrons. The number of carbonyl (C=O) groups is 1. The van der Waals surface area contributed by atoms with Crippen LogP contribution >= 0.6 is 0 Å². The maximum Gasteiger partial charge on any atom is 0.341 e. The number of aromatic nitrogens is 1. The van der Waals surface area contributed by atoms with Crippen LogP contribution in [-0.2, 0) is 6.42 Å². The molecule has 1 unspecified atom stereocenters. The maximum atomic E-state index is 11.7. The molecular formula is C17H14N2O3. The molecule has 1 aliphatic rings. The first-order valence-corrected chi connectivity index (χ1v) is 7.01. The number of pyridine rings is 1. The smallest absolute Gasteiger partial charge is 0.341 e. The summed E-state index contributed by atoms with van der Waals surface area (Å²) in [7, 11) is 0. The number of aryl methyl sites for hydroxylation is 1. The number of carboxylic acids is 1. The van der Waals surface area contributed by atoms with E-state index < -0.39 is 11.4 Å². The highest BCUT2D eigenvalue weighted by molar-refractivity contribution is 5.88. The Balaban J connectivity index is 2.13. The van der Waals surface area contributed by atoms with Gasteiger partial charge in [-0.1, -0.05) is 6.07 Å². The molecule has 0 spiro atoms. The van der Waals surface area contributed by atoms with Gasteiger partial charge in [0.2, 0.25) is 0 Å². The van der Waals surface area contributed by atoms with Gasteiger partial charge in [-0.05, 0) is 43.0 Å². The molecule has 0 fully saturated rings. The van der Waals surface area contributed by atoms with Crippen molar-refractivity contribution in [1.29, 1.82) is 5.26 Å². The lowest BCUT2D eigenvalue weighted by Crippen LogP contribution is -2.22. The minimum Gasteiger partial charge on any atom is -0.477 e. The van der Waals surface area contributed by atoms with E-state index in [0.717, 1.165) is 24.0 Å². The zero-order chi connectivity index (χ0) is 15.9.